The second-order valence-electron chi connectivity index (χ2n) is 13.3. The lowest BCUT2D eigenvalue weighted by atomic mass is 9.76. The van der Waals surface area contributed by atoms with E-state index in [2.05, 4.69) is 5.32 Å². The fourth-order valence-corrected chi connectivity index (χ4v) is 8.06. The van der Waals surface area contributed by atoms with Crippen LogP contribution in [0.3, 0.4) is 0 Å². The van der Waals surface area contributed by atoms with Crippen molar-refractivity contribution in [2.45, 2.75) is 95.7 Å². The Labute approximate surface area is 253 Å². The number of nitrogens with zero attached hydrogens (tertiary/aromatic N) is 2. The zero-order valence-electron chi connectivity index (χ0n) is 24.6. The topological polar surface area (TPSA) is 107 Å². The van der Waals surface area contributed by atoms with E-state index in [1.165, 1.54) is 19.3 Å². The summed E-state index contributed by atoms with van der Waals surface area (Å²) in [5.74, 6) is 0.435. The highest BCUT2D eigenvalue weighted by Gasteiger charge is 2.47. The van der Waals surface area contributed by atoms with Crippen LogP contribution in [0.25, 0.3) is 10.9 Å². The molecule has 0 spiro atoms. The SMILES string of the molecule is CC1(C)OC(=O)n2c1cc1ccc(NC(=O)[C@@H]3[C@H](C4CCCCC4)CCN3C(=O)C3CCC([C@H](N)CF)CC3)cc12.Cl. The van der Waals surface area contributed by atoms with Gasteiger partial charge in [0, 0.05) is 29.6 Å². The first-order chi connectivity index (χ1) is 19.7. The van der Waals surface area contributed by atoms with Crippen LogP contribution in [0.4, 0.5) is 14.9 Å². The highest BCUT2D eigenvalue weighted by molar-refractivity contribution is 6.01. The Morgan fingerprint density at radius 2 is 1.79 bits per heavy atom. The van der Waals surface area contributed by atoms with Gasteiger partial charge in [-0.1, -0.05) is 38.2 Å². The largest absolute Gasteiger partial charge is 0.436 e. The maximum Gasteiger partial charge on any atom is 0.419 e. The molecule has 10 heteroatoms. The molecule has 1 saturated heterocycles. The zero-order valence-corrected chi connectivity index (χ0v) is 25.5. The highest BCUT2D eigenvalue weighted by Crippen LogP contribution is 2.42. The van der Waals surface area contributed by atoms with Gasteiger partial charge in [0.2, 0.25) is 11.8 Å². The third kappa shape index (κ3) is 5.54. The summed E-state index contributed by atoms with van der Waals surface area (Å²) in [5, 5.41) is 4.03. The lowest BCUT2D eigenvalue weighted by Crippen LogP contribution is -2.50. The number of likely N-dealkylation sites (tertiary alicyclic amines) is 1. The number of fused-ring (bicyclic) bond motifs is 3. The number of cyclic esters (lactones) is 1. The number of hydrogen-bond donors (Lipinski definition) is 2. The molecule has 1 aromatic heterocycles. The predicted molar refractivity (Wildman–Crippen MR) is 162 cm³/mol. The van der Waals surface area contributed by atoms with Crippen molar-refractivity contribution in [2.24, 2.45) is 29.4 Å². The molecular weight excluding hydrogens is 559 g/mol. The molecular formula is C32H44ClFN4O4. The zero-order chi connectivity index (χ0) is 28.9. The number of nitrogens with two attached hydrogens (primary N) is 1. The average Bonchev–Trinajstić information content (AvgIpc) is 3.65. The van der Waals surface area contributed by atoms with Gasteiger partial charge in [-0.3, -0.25) is 9.59 Å². The summed E-state index contributed by atoms with van der Waals surface area (Å²) in [7, 11) is 0. The molecule has 3 N–H and O–H groups in total. The van der Waals surface area contributed by atoms with Gasteiger partial charge in [0.1, 0.15) is 18.3 Å². The van der Waals surface area contributed by atoms with E-state index in [1.54, 1.807) is 4.57 Å². The Bertz CT molecular complexity index is 1330. The van der Waals surface area contributed by atoms with Gasteiger partial charge in [-0.05, 0) is 81.9 Å². The summed E-state index contributed by atoms with van der Waals surface area (Å²) in [6.45, 7) is 3.79. The maximum atomic E-state index is 14.1. The number of halogens is 2. The Kier molecular flexibility index (Phi) is 8.91. The summed E-state index contributed by atoms with van der Waals surface area (Å²) in [6, 6.07) is 6.58. The number of ether oxygens (including phenoxy) is 1. The Hall–Kier alpha value is -2.65. The summed E-state index contributed by atoms with van der Waals surface area (Å²) in [5.41, 5.74) is 7.32. The van der Waals surface area contributed by atoms with Crippen molar-refractivity contribution in [3.05, 3.63) is 30.0 Å². The Morgan fingerprint density at radius 3 is 2.48 bits per heavy atom. The van der Waals surface area contributed by atoms with Gasteiger partial charge in [-0.15, -0.1) is 12.4 Å². The minimum atomic E-state index is -0.715. The molecule has 0 bridgehead atoms. The normalized spacial score (nSPS) is 28.2. The van der Waals surface area contributed by atoms with E-state index in [1.807, 2.05) is 43.0 Å². The summed E-state index contributed by atoms with van der Waals surface area (Å²) >= 11 is 0. The van der Waals surface area contributed by atoms with E-state index in [-0.39, 0.29) is 42.0 Å². The van der Waals surface area contributed by atoms with Gasteiger partial charge in [0.25, 0.3) is 0 Å². The minimum Gasteiger partial charge on any atom is -0.436 e. The van der Waals surface area contributed by atoms with Crippen LogP contribution in [0.5, 0.6) is 0 Å². The van der Waals surface area contributed by atoms with Crippen LogP contribution in [-0.2, 0) is 19.9 Å². The number of rotatable bonds is 6. The third-order valence-electron chi connectivity index (χ3n) is 10.4. The first-order valence-corrected chi connectivity index (χ1v) is 15.5. The number of carbonyl (C=O) groups excluding carboxylic acids is 3. The molecule has 2 saturated carbocycles. The molecule has 3 heterocycles. The van der Waals surface area contributed by atoms with Crippen molar-refractivity contribution in [3.8, 4) is 0 Å². The number of alkyl halides is 1. The number of anilines is 1. The van der Waals surface area contributed by atoms with Crippen LogP contribution in [0, 0.1) is 23.7 Å². The average molecular weight is 603 g/mol. The molecule has 2 aliphatic heterocycles. The lowest BCUT2D eigenvalue weighted by Gasteiger charge is -2.36. The van der Waals surface area contributed by atoms with Gasteiger partial charge in [-0.25, -0.2) is 13.8 Å². The molecule has 230 valence electrons. The van der Waals surface area contributed by atoms with Crippen LogP contribution in [-0.4, -0.2) is 52.7 Å². The first kappa shape index (κ1) is 30.8. The van der Waals surface area contributed by atoms with Crippen LogP contribution in [0.1, 0.15) is 83.7 Å². The number of hydrogen-bond acceptors (Lipinski definition) is 5. The molecule has 8 nitrogen and oxygen atoms in total. The van der Waals surface area contributed by atoms with Crippen LogP contribution in [0.15, 0.2) is 24.3 Å². The van der Waals surface area contributed by atoms with Crippen LogP contribution >= 0.6 is 12.4 Å². The van der Waals surface area contributed by atoms with Crippen LogP contribution in [0.2, 0.25) is 0 Å². The minimum absolute atomic E-state index is 0. The van der Waals surface area contributed by atoms with Crippen molar-refractivity contribution in [2.75, 3.05) is 18.5 Å². The van der Waals surface area contributed by atoms with Crippen molar-refractivity contribution in [1.82, 2.24) is 9.47 Å². The first-order valence-electron chi connectivity index (χ1n) is 15.5. The standard InChI is InChI=1S/C32H43FN4O4.ClH/c1-32(2)27-16-22-12-13-23(17-26(22)37(27)31(40)41-32)35-29(38)28-24(19-6-4-3-5-7-19)14-15-36(28)30(39)21-10-8-20(9-11-21)25(34)18-33;/h12-13,16-17,19-21,24-25,28H,3-11,14-15,18,34H2,1-2H3,(H,35,38);1H/t20?,21?,24-,25+,28-;/m0./s1. The fourth-order valence-electron chi connectivity index (χ4n) is 8.06. The fraction of sp³-hybridized carbons (Fsp3) is 0.656. The van der Waals surface area contributed by atoms with Gasteiger partial charge in [0.05, 0.1) is 11.2 Å². The molecule has 2 aromatic rings. The van der Waals surface area contributed by atoms with Gasteiger partial charge >= 0.3 is 6.09 Å². The van der Waals surface area contributed by atoms with Gasteiger partial charge in [0.15, 0.2) is 0 Å². The van der Waals surface area contributed by atoms with Crippen molar-refractivity contribution < 1.29 is 23.5 Å². The van der Waals surface area contributed by atoms with Crippen molar-refractivity contribution in [1.29, 1.82) is 0 Å². The quantitative estimate of drug-likeness (QED) is 0.413. The number of benzene rings is 1. The molecule has 1 aromatic carbocycles. The van der Waals surface area contributed by atoms with E-state index in [9.17, 15) is 18.8 Å². The third-order valence-corrected chi connectivity index (χ3v) is 10.4. The van der Waals surface area contributed by atoms with Gasteiger partial charge in [-0.2, -0.15) is 0 Å². The number of nitrogens with one attached hydrogen (secondary N) is 1. The highest BCUT2D eigenvalue weighted by atomic mass is 35.5. The molecule has 2 aliphatic carbocycles. The summed E-state index contributed by atoms with van der Waals surface area (Å²) < 4.78 is 20.2. The van der Waals surface area contributed by atoms with Gasteiger partial charge < -0.3 is 20.7 Å². The molecule has 0 radical (unpaired) electrons. The summed E-state index contributed by atoms with van der Waals surface area (Å²) in [6.07, 6.45) is 9.07. The number of carbonyl (C=O) groups is 3. The van der Waals surface area contributed by atoms with E-state index in [4.69, 9.17) is 10.5 Å². The second kappa shape index (κ2) is 12.2. The molecule has 3 fully saturated rings. The second-order valence-corrected chi connectivity index (χ2v) is 13.3. The molecule has 6 rings (SSSR count). The molecule has 2 amide bonds. The van der Waals surface area contributed by atoms with E-state index < -0.39 is 30.5 Å². The van der Waals surface area contributed by atoms with E-state index >= 15 is 0 Å². The number of amides is 2. The van der Waals surface area contributed by atoms with Crippen molar-refractivity contribution in [3.63, 3.8) is 0 Å². The van der Waals surface area contributed by atoms with E-state index in [0.717, 1.165) is 43.2 Å². The Balaban J connectivity index is 0.00000353. The molecule has 3 atom stereocenters. The lowest BCUT2D eigenvalue weighted by molar-refractivity contribution is -0.142. The van der Waals surface area contributed by atoms with Crippen molar-refractivity contribution >= 4 is 46.9 Å². The Morgan fingerprint density at radius 1 is 1.07 bits per heavy atom. The maximum absolute atomic E-state index is 14.1. The molecule has 42 heavy (non-hydrogen) atoms. The predicted octanol–water partition coefficient (Wildman–Crippen LogP) is 6.14. The van der Waals surface area contributed by atoms with Crippen LogP contribution < -0.4 is 11.1 Å². The smallest absolute Gasteiger partial charge is 0.419 e. The summed E-state index contributed by atoms with van der Waals surface area (Å²) in [4.78, 5) is 42.4. The molecule has 4 aliphatic rings. The monoisotopic (exact) mass is 602 g/mol. The number of aromatic nitrogens is 1. The van der Waals surface area contributed by atoms with E-state index in [0.29, 0.717) is 36.5 Å². The molecule has 0 unspecified atom stereocenters.